The summed E-state index contributed by atoms with van der Waals surface area (Å²) >= 11 is 0. The van der Waals surface area contributed by atoms with E-state index in [1.807, 2.05) is 0 Å². The maximum absolute atomic E-state index is 13.6. The highest BCUT2D eigenvalue weighted by molar-refractivity contribution is 6.20. The molecule has 0 aromatic carbocycles. The Hall–Kier alpha value is -1.23. The summed E-state index contributed by atoms with van der Waals surface area (Å²) < 4.78 is 5.31. The minimum absolute atomic E-state index is 0.0415. The molecule has 5 heteroatoms. The molecule has 26 heavy (non-hydrogen) atoms. The molecule has 0 spiro atoms. The van der Waals surface area contributed by atoms with Gasteiger partial charge in [0, 0.05) is 36.0 Å². The van der Waals surface area contributed by atoms with Crippen LogP contribution in [0.15, 0.2) is 0 Å². The molecule has 5 radical (unpaired) electrons. The number of nitrogens with one attached hydrogen (secondary N) is 1. The van der Waals surface area contributed by atoms with E-state index in [0.717, 1.165) is 37.1 Å². The summed E-state index contributed by atoms with van der Waals surface area (Å²) in [5.41, 5.74) is -0.182. The Bertz CT molecular complexity index is 734. The molecule has 3 aliphatic carbocycles. The van der Waals surface area contributed by atoms with Crippen molar-refractivity contribution in [3.63, 3.8) is 0 Å². The first kappa shape index (κ1) is 15.8. The number of Topliss-reactive ketones (excluding diaryl/α,β-unsaturated/α-hetero) is 2. The normalized spacial score (nSPS) is 49.3. The van der Waals surface area contributed by atoms with Gasteiger partial charge in [0.1, 0.15) is 11.7 Å². The van der Waals surface area contributed by atoms with Gasteiger partial charge in [0.2, 0.25) is 0 Å². The molecule has 3 heterocycles. The van der Waals surface area contributed by atoms with Crippen molar-refractivity contribution in [1.29, 1.82) is 0 Å². The number of fused-ring (bicyclic) bond motifs is 4. The van der Waals surface area contributed by atoms with Gasteiger partial charge in [0.25, 0.3) is 0 Å². The number of hydrogen-bond donors (Lipinski definition) is 1. The fraction of sp³-hybridized carbons (Fsp3) is 0.619. The second kappa shape index (κ2) is 4.78. The monoisotopic (exact) mass is 353 g/mol. The number of carbonyl (C=O) groups excluding carboxylic acids is 3. The van der Waals surface area contributed by atoms with Crippen LogP contribution in [0.3, 0.4) is 0 Å². The molecule has 0 aromatic rings. The third kappa shape index (κ3) is 1.54. The van der Waals surface area contributed by atoms with Crippen molar-refractivity contribution >= 4 is 17.5 Å². The second-order valence-electron chi connectivity index (χ2n) is 9.13. The van der Waals surface area contributed by atoms with Gasteiger partial charge in [0.15, 0.2) is 5.78 Å². The van der Waals surface area contributed by atoms with E-state index in [1.54, 1.807) is 4.90 Å². The van der Waals surface area contributed by atoms with Crippen molar-refractivity contribution < 1.29 is 24.0 Å². The standard InChI is InChI=1S/C21H22NO4/c1-9-12-7-14-21(2)10(8-22(9)14)3-4-13(23)15-11-5-6-26-20(25)16(11)17(18(15)21)19(12)24/h9-10,12,14H,3-8H2,1-2H3/p+1/t9-,10+,12+,14?,21+/m0/s1. The molecule has 1 N–H and O–H groups in total. The molecule has 0 aromatic heterocycles. The van der Waals surface area contributed by atoms with Crippen molar-refractivity contribution in [2.45, 2.75) is 51.6 Å². The molecular formula is C21H23NO4+. The summed E-state index contributed by atoms with van der Waals surface area (Å²) in [7, 11) is 0. The lowest BCUT2D eigenvalue weighted by atomic mass is 9.60. The lowest BCUT2D eigenvalue weighted by Gasteiger charge is -2.40. The van der Waals surface area contributed by atoms with Gasteiger partial charge in [-0.2, -0.15) is 0 Å². The fourth-order valence-electron chi connectivity index (χ4n) is 7.22. The molecule has 2 bridgehead atoms. The molecule has 3 saturated carbocycles. The van der Waals surface area contributed by atoms with Crippen LogP contribution in [0.2, 0.25) is 0 Å². The number of cyclic esters (lactones) is 1. The van der Waals surface area contributed by atoms with Crippen molar-refractivity contribution in [2.24, 2.45) is 17.3 Å². The molecule has 135 valence electrons. The topological polar surface area (TPSA) is 64.9 Å². The van der Waals surface area contributed by atoms with Crippen LogP contribution in [0, 0.1) is 46.8 Å². The van der Waals surface area contributed by atoms with Crippen molar-refractivity contribution in [2.75, 3.05) is 13.2 Å². The number of hydrogen-bond acceptors (Lipinski definition) is 4. The summed E-state index contributed by atoms with van der Waals surface area (Å²) in [6.45, 7) is 5.82. The van der Waals surface area contributed by atoms with Crippen molar-refractivity contribution in [3.05, 3.63) is 29.6 Å². The van der Waals surface area contributed by atoms with Crippen LogP contribution < -0.4 is 4.90 Å². The van der Waals surface area contributed by atoms with Gasteiger partial charge in [-0.05, 0) is 19.8 Å². The Morgan fingerprint density at radius 2 is 1.92 bits per heavy atom. The van der Waals surface area contributed by atoms with E-state index in [1.165, 1.54) is 0 Å². The van der Waals surface area contributed by atoms with E-state index in [0.29, 0.717) is 43.2 Å². The van der Waals surface area contributed by atoms with Crippen LogP contribution in [0.4, 0.5) is 0 Å². The molecule has 6 atom stereocenters. The third-order valence-corrected chi connectivity index (χ3v) is 8.44. The van der Waals surface area contributed by atoms with Crippen LogP contribution in [0.25, 0.3) is 0 Å². The van der Waals surface area contributed by atoms with Gasteiger partial charge in [-0.15, -0.1) is 0 Å². The lowest BCUT2D eigenvalue weighted by Crippen LogP contribution is -3.16. The van der Waals surface area contributed by atoms with Crippen LogP contribution in [-0.2, 0) is 19.1 Å². The molecule has 6 fully saturated rings. The number of ketones is 2. The number of ether oxygens (including phenoxy) is 1. The Morgan fingerprint density at radius 1 is 1.12 bits per heavy atom. The van der Waals surface area contributed by atoms with E-state index in [-0.39, 0.29) is 28.9 Å². The molecule has 6 rings (SSSR count). The molecule has 0 amide bonds. The summed E-state index contributed by atoms with van der Waals surface area (Å²) in [6, 6.07) is 0.663. The van der Waals surface area contributed by atoms with E-state index in [9.17, 15) is 14.4 Å². The van der Waals surface area contributed by atoms with Gasteiger partial charge >= 0.3 is 5.97 Å². The first-order valence-corrected chi connectivity index (χ1v) is 9.90. The summed E-state index contributed by atoms with van der Waals surface area (Å²) in [5.74, 6) is 3.68. The number of esters is 1. The number of rotatable bonds is 0. The molecule has 5 nitrogen and oxygen atoms in total. The Morgan fingerprint density at radius 3 is 2.73 bits per heavy atom. The zero-order chi connectivity index (χ0) is 18.0. The van der Waals surface area contributed by atoms with Gasteiger partial charge in [-0.3, -0.25) is 14.4 Å². The third-order valence-electron chi connectivity index (χ3n) is 8.44. The quantitative estimate of drug-likeness (QED) is 0.626. The predicted molar refractivity (Wildman–Crippen MR) is 89.8 cm³/mol. The van der Waals surface area contributed by atoms with E-state index >= 15 is 0 Å². The average molecular weight is 353 g/mol. The zero-order valence-corrected chi connectivity index (χ0v) is 15.2. The Balaban J connectivity index is 1.60. The van der Waals surface area contributed by atoms with Crippen LogP contribution >= 0.6 is 0 Å². The van der Waals surface area contributed by atoms with Crippen LogP contribution in [0.1, 0.15) is 39.5 Å². The largest absolute Gasteiger partial charge is 0.465 e. The maximum atomic E-state index is 13.6. The predicted octanol–water partition coefficient (Wildman–Crippen LogP) is 0.0630. The molecule has 2 unspecified atom stereocenters. The highest BCUT2D eigenvalue weighted by Crippen LogP contribution is 2.69. The maximum Gasteiger partial charge on any atom is 0.315 e. The Kier molecular flexibility index (Phi) is 2.90. The minimum Gasteiger partial charge on any atom is -0.465 e. The average Bonchev–Trinajstić information content (AvgIpc) is 3.18. The molecule has 3 aliphatic heterocycles. The fourth-order valence-corrected chi connectivity index (χ4v) is 7.22. The first-order valence-electron chi connectivity index (χ1n) is 9.90. The highest BCUT2D eigenvalue weighted by atomic mass is 16.5. The smallest absolute Gasteiger partial charge is 0.315 e. The van der Waals surface area contributed by atoms with Gasteiger partial charge in [-0.1, -0.05) is 6.92 Å². The number of quaternary nitrogens is 1. The number of carbonyl (C=O) groups is 3. The molecule has 6 aliphatic rings. The molecular weight excluding hydrogens is 330 g/mol. The molecule has 3 saturated heterocycles. The summed E-state index contributed by atoms with van der Waals surface area (Å²) in [4.78, 5) is 40.9. The van der Waals surface area contributed by atoms with Crippen LogP contribution in [-0.4, -0.2) is 42.8 Å². The van der Waals surface area contributed by atoms with E-state index < -0.39 is 5.97 Å². The summed E-state index contributed by atoms with van der Waals surface area (Å²) in [5, 5.41) is 0. The highest BCUT2D eigenvalue weighted by Gasteiger charge is 2.77. The minimum atomic E-state index is -0.400. The summed E-state index contributed by atoms with van der Waals surface area (Å²) in [6.07, 6.45) is 2.87. The van der Waals surface area contributed by atoms with E-state index in [4.69, 9.17) is 4.74 Å². The van der Waals surface area contributed by atoms with Gasteiger partial charge in [-0.25, -0.2) is 0 Å². The first-order chi connectivity index (χ1) is 12.4. The van der Waals surface area contributed by atoms with Gasteiger partial charge < -0.3 is 9.64 Å². The SMILES string of the molecule is C[C@H]1[C@H]2CC3[NH+]1C[C@H]1CCC(=O)[C]4[C]5CCOC(=O)[C]5[C]([C]4[C@@]31C)C2=O. The van der Waals surface area contributed by atoms with Crippen LogP contribution in [0.5, 0.6) is 0 Å². The van der Waals surface area contributed by atoms with Gasteiger partial charge in [0.05, 0.1) is 43.0 Å². The Labute approximate surface area is 153 Å². The van der Waals surface area contributed by atoms with Crippen molar-refractivity contribution in [1.82, 2.24) is 0 Å². The van der Waals surface area contributed by atoms with Crippen molar-refractivity contribution in [3.8, 4) is 0 Å². The zero-order valence-electron chi connectivity index (χ0n) is 15.2. The van der Waals surface area contributed by atoms with E-state index in [2.05, 4.69) is 13.8 Å². The lowest BCUT2D eigenvalue weighted by molar-refractivity contribution is -0.927. The second-order valence-corrected chi connectivity index (χ2v) is 9.13.